The molecule has 0 bridgehead atoms. The van der Waals surface area contributed by atoms with Crippen molar-refractivity contribution in [1.82, 2.24) is 9.80 Å². The molecular weight excluding hydrogens is 304 g/mol. The van der Waals surface area contributed by atoms with Crippen LogP contribution in [0, 0.1) is 0 Å². The summed E-state index contributed by atoms with van der Waals surface area (Å²) in [5.74, 6) is 1.11. The summed E-state index contributed by atoms with van der Waals surface area (Å²) >= 11 is 6.28. The molecule has 0 spiro atoms. The normalized spacial score (nSPS) is 22.3. The Morgan fingerprint density at radius 3 is 2.82 bits per heavy atom. The molecule has 3 rings (SSSR count). The molecule has 1 amide bonds. The Hall–Kier alpha value is -1.46. The summed E-state index contributed by atoms with van der Waals surface area (Å²) in [6.07, 6.45) is 0.809. The van der Waals surface area contributed by atoms with Crippen molar-refractivity contribution >= 4 is 17.5 Å². The van der Waals surface area contributed by atoms with Crippen LogP contribution in [0.15, 0.2) is 12.1 Å². The molecule has 120 valence electrons. The topological polar surface area (TPSA) is 42.0 Å². The Labute approximate surface area is 135 Å². The van der Waals surface area contributed by atoms with E-state index in [2.05, 4.69) is 18.9 Å². The van der Waals surface area contributed by atoms with Crippen LogP contribution in [0.5, 0.6) is 11.5 Å². The molecule has 2 aliphatic rings. The van der Waals surface area contributed by atoms with Gasteiger partial charge in [-0.25, -0.2) is 0 Å². The van der Waals surface area contributed by atoms with Crippen LogP contribution >= 0.6 is 11.6 Å². The van der Waals surface area contributed by atoms with E-state index in [1.807, 2.05) is 4.90 Å². The van der Waals surface area contributed by atoms with E-state index < -0.39 is 0 Å². The van der Waals surface area contributed by atoms with Gasteiger partial charge in [0.05, 0.1) is 18.2 Å². The van der Waals surface area contributed by atoms with Gasteiger partial charge < -0.3 is 19.3 Å². The highest BCUT2D eigenvalue weighted by molar-refractivity contribution is 6.32. The quantitative estimate of drug-likeness (QED) is 0.795. The number of amides is 1. The highest BCUT2D eigenvalue weighted by atomic mass is 35.5. The Balaban J connectivity index is 1.87. The molecule has 0 saturated carbocycles. The van der Waals surface area contributed by atoms with Crippen LogP contribution < -0.4 is 9.47 Å². The van der Waals surface area contributed by atoms with Gasteiger partial charge >= 0.3 is 0 Å². The van der Waals surface area contributed by atoms with Crippen LogP contribution in [0.2, 0.25) is 5.02 Å². The molecule has 1 aromatic rings. The Morgan fingerprint density at radius 2 is 2.05 bits per heavy atom. The number of nitrogens with zero attached hydrogens (tertiary/aromatic N) is 2. The molecule has 0 N–H and O–H groups in total. The minimum Gasteiger partial charge on any atom is -0.489 e. The van der Waals surface area contributed by atoms with E-state index in [9.17, 15) is 4.79 Å². The first-order valence-corrected chi connectivity index (χ1v) is 8.02. The second kappa shape index (κ2) is 6.34. The second-order valence-electron chi connectivity index (χ2n) is 5.95. The molecule has 0 unspecified atom stereocenters. The summed E-state index contributed by atoms with van der Waals surface area (Å²) in [5.41, 5.74) is 0.561. The Kier molecular flexibility index (Phi) is 4.45. The first-order valence-electron chi connectivity index (χ1n) is 7.65. The molecule has 6 heteroatoms. The van der Waals surface area contributed by atoms with Gasteiger partial charge in [0.2, 0.25) is 0 Å². The van der Waals surface area contributed by atoms with Gasteiger partial charge in [-0.05, 0) is 26.1 Å². The maximum Gasteiger partial charge on any atom is 0.254 e. The van der Waals surface area contributed by atoms with Crippen LogP contribution in [0.3, 0.4) is 0 Å². The summed E-state index contributed by atoms with van der Waals surface area (Å²) in [6, 6.07) is 3.61. The summed E-state index contributed by atoms with van der Waals surface area (Å²) in [6.45, 7) is 5.71. The van der Waals surface area contributed by atoms with Gasteiger partial charge in [0.25, 0.3) is 5.91 Å². The molecule has 2 aliphatic heterocycles. The molecule has 22 heavy (non-hydrogen) atoms. The fraction of sp³-hybridized carbons (Fsp3) is 0.562. The van der Waals surface area contributed by atoms with E-state index in [0.717, 1.165) is 26.1 Å². The predicted molar refractivity (Wildman–Crippen MR) is 85.1 cm³/mol. The van der Waals surface area contributed by atoms with Crippen molar-refractivity contribution in [3.63, 3.8) is 0 Å². The van der Waals surface area contributed by atoms with Crippen molar-refractivity contribution in [2.24, 2.45) is 0 Å². The number of likely N-dealkylation sites (N-methyl/N-ethyl adjacent to an activating group) is 1. The average molecular weight is 325 g/mol. The molecule has 1 atom stereocenters. The van der Waals surface area contributed by atoms with Crippen molar-refractivity contribution in [2.45, 2.75) is 19.4 Å². The van der Waals surface area contributed by atoms with E-state index in [1.54, 1.807) is 12.1 Å². The van der Waals surface area contributed by atoms with Crippen LogP contribution in [0.1, 0.15) is 23.7 Å². The summed E-state index contributed by atoms with van der Waals surface area (Å²) in [5, 5.41) is 0.435. The minimum atomic E-state index is -0.00172. The highest BCUT2D eigenvalue weighted by Gasteiger charge is 2.28. The van der Waals surface area contributed by atoms with Gasteiger partial charge in [0.1, 0.15) is 0 Å². The number of piperazine rings is 1. The first-order chi connectivity index (χ1) is 10.6. The lowest BCUT2D eigenvalue weighted by molar-refractivity contribution is 0.0533. The van der Waals surface area contributed by atoms with Crippen LogP contribution in [-0.2, 0) is 0 Å². The third-order valence-corrected chi connectivity index (χ3v) is 4.42. The third kappa shape index (κ3) is 3.01. The summed E-state index contributed by atoms with van der Waals surface area (Å²) in [4.78, 5) is 16.9. The van der Waals surface area contributed by atoms with Crippen LogP contribution in [0.4, 0.5) is 0 Å². The lowest BCUT2D eigenvalue weighted by Crippen LogP contribution is -2.52. The second-order valence-corrected chi connectivity index (χ2v) is 6.35. The third-order valence-electron chi connectivity index (χ3n) is 4.14. The number of halogens is 1. The van der Waals surface area contributed by atoms with E-state index in [1.165, 1.54) is 0 Å². The molecule has 0 aromatic heterocycles. The van der Waals surface area contributed by atoms with Crippen molar-refractivity contribution in [3.8, 4) is 11.5 Å². The van der Waals surface area contributed by atoms with Gasteiger partial charge in [-0.15, -0.1) is 0 Å². The minimum absolute atomic E-state index is 0.00172. The number of carbonyl (C=O) groups is 1. The molecular formula is C16H21ClN2O3. The number of ether oxygens (including phenoxy) is 2. The number of carbonyl (C=O) groups excluding carboxylic acids is 1. The van der Waals surface area contributed by atoms with Gasteiger partial charge in [-0.2, -0.15) is 0 Å². The molecule has 1 aromatic carbocycles. The molecule has 5 nitrogen and oxygen atoms in total. The fourth-order valence-electron chi connectivity index (χ4n) is 2.96. The number of fused-ring (bicyclic) bond motifs is 1. The zero-order valence-electron chi connectivity index (χ0n) is 13.0. The molecule has 1 fully saturated rings. The van der Waals surface area contributed by atoms with E-state index in [-0.39, 0.29) is 11.9 Å². The summed E-state index contributed by atoms with van der Waals surface area (Å²) < 4.78 is 11.3. The number of benzene rings is 1. The predicted octanol–water partition coefficient (Wildman–Crippen LogP) is 2.28. The fourth-order valence-corrected chi connectivity index (χ4v) is 3.23. The molecule has 0 aliphatic carbocycles. The zero-order chi connectivity index (χ0) is 15.7. The SMILES string of the molecule is C[C@@H]1CN(C)CCN1C(=O)c1cc(Cl)c2c(c1)OCCCO2. The highest BCUT2D eigenvalue weighted by Crippen LogP contribution is 2.38. The standard InChI is InChI=1S/C16H21ClN2O3/c1-11-10-18(2)4-5-19(11)16(20)12-8-13(17)15-14(9-12)21-6-3-7-22-15/h8-9,11H,3-7,10H2,1-2H3/t11-/m1/s1. The van der Waals surface area contributed by atoms with Crippen LogP contribution in [0.25, 0.3) is 0 Å². The Morgan fingerprint density at radius 1 is 1.27 bits per heavy atom. The first kappa shape index (κ1) is 15.4. The van der Waals surface area contributed by atoms with Crippen molar-refractivity contribution in [1.29, 1.82) is 0 Å². The van der Waals surface area contributed by atoms with Crippen LogP contribution in [-0.4, -0.2) is 61.6 Å². The molecule has 1 saturated heterocycles. The van der Waals surface area contributed by atoms with Gasteiger partial charge in [-0.1, -0.05) is 11.6 Å². The van der Waals surface area contributed by atoms with Gasteiger partial charge in [-0.3, -0.25) is 4.79 Å². The lowest BCUT2D eigenvalue weighted by Gasteiger charge is -2.38. The number of hydrogen-bond acceptors (Lipinski definition) is 4. The van der Waals surface area contributed by atoms with E-state index in [4.69, 9.17) is 21.1 Å². The van der Waals surface area contributed by atoms with Crippen molar-refractivity contribution < 1.29 is 14.3 Å². The number of rotatable bonds is 1. The average Bonchev–Trinajstić information content (AvgIpc) is 2.72. The maximum atomic E-state index is 12.8. The monoisotopic (exact) mass is 324 g/mol. The molecule has 0 radical (unpaired) electrons. The van der Waals surface area contributed by atoms with Gasteiger partial charge in [0, 0.05) is 37.7 Å². The van der Waals surface area contributed by atoms with E-state index in [0.29, 0.717) is 35.3 Å². The van der Waals surface area contributed by atoms with Gasteiger partial charge in [0.15, 0.2) is 11.5 Å². The largest absolute Gasteiger partial charge is 0.489 e. The zero-order valence-corrected chi connectivity index (χ0v) is 13.7. The number of hydrogen-bond donors (Lipinski definition) is 0. The smallest absolute Gasteiger partial charge is 0.254 e. The lowest BCUT2D eigenvalue weighted by atomic mass is 10.1. The maximum absolute atomic E-state index is 12.8. The molecule has 2 heterocycles. The Bertz CT molecular complexity index is 579. The van der Waals surface area contributed by atoms with Crippen molar-refractivity contribution in [3.05, 3.63) is 22.7 Å². The van der Waals surface area contributed by atoms with E-state index >= 15 is 0 Å². The van der Waals surface area contributed by atoms with Crippen molar-refractivity contribution in [2.75, 3.05) is 39.9 Å². The summed E-state index contributed by atoms with van der Waals surface area (Å²) in [7, 11) is 2.07.